The van der Waals surface area contributed by atoms with Gasteiger partial charge in [0.15, 0.2) is 6.10 Å². The smallest absolute Gasteiger partial charge is 0.462 e. The Hall–Kier alpha value is -3.59. The minimum absolute atomic E-state index is 0.0310. The Morgan fingerprint density at radius 2 is 0.551 bits per heavy atom. The number of phosphoric acid groups is 1. The summed E-state index contributed by atoms with van der Waals surface area (Å²) < 4.78 is 34.9. The lowest BCUT2D eigenvalue weighted by molar-refractivity contribution is -0.870. The zero-order valence-electron chi connectivity index (χ0n) is 64.8. The van der Waals surface area contributed by atoms with Crippen LogP contribution < -0.4 is 0 Å². The number of quaternary nitrogens is 1. The lowest BCUT2D eigenvalue weighted by Gasteiger charge is -2.24. The number of rotatable bonds is 76. The molecule has 98 heavy (non-hydrogen) atoms. The lowest BCUT2D eigenvalue weighted by Crippen LogP contribution is -2.37. The van der Waals surface area contributed by atoms with E-state index in [-0.39, 0.29) is 32.0 Å². The van der Waals surface area contributed by atoms with Crippen molar-refractivity contribution in [1.82, 2.24) is 0 Å². The molecule has 0 aromatic rings. The maximum absolute atomic E-state index is 12.9. The third-order valence-corrected chi connectivity index (χ3v) is 19.0. The fraction of sp³-hybridized carbons (Fsp3) is 0.750. The number of likely N-dealkylation sites (N-methyl/N-ethyl adjacent to an activating group) is 1. The molecule has 0 aromatic carbocycles. The average molecular weight is 1390 g/mol. The van der Waals surface area contributed by atoms with Crippen molar-refractivity contribution in [3.63, 3.8) is 0 Å². The van der Waals surface area contributed by atoms with Crippen molar-refractivity contribution in [2.24, 2.45) is 0 Å². The normalized spacial score (nSPS) is 13.7. The molecule has 0 saturated carbocycles. The van der Waals surface area contributed by atoms with Crippen LogP contribution in [0.15, 0.2) is 122 Å². The topological polar surface area (TPSA) is 108 Å². The first-order valence-electron chi connectivity index (χ1n) is 41.3. The fourth-order valence-corrected chi connectivity index (χ4v) is 12.5. The summed E-state index contributed by atoms with van der Waals surface area (Å²) in [6, 6.07) is 0. The molecule has 0 aliphatic heterocycles. The summed E-state index contributed by atoms with van der Waals surface area (Å²) in [4.78, 5) is 36.0. The Morgan fingerprint density at radius 1 is 0.316 bits per heavy atom. The van der Waals surface area contributed by atoms with E-state index in [4.69, 9.17) is 18.5 Å². The summed E-state index contributed by atoms with van der Waals surface area (Å²) in [6.45, 7) is 4.25. The van der Waals surface area contributed by atoms with Gasteiger partial charge in [-0.1, -0.05) is 379 Å². The third kappa shape index (κ3) is 81.4. The molecule has 0 amide bonds. The molecule has 0 spiro atoms. The van der Waals surface area contributed by atoms with E-state index in [1.165, 1.54) is 244 Å². The quantitative estimate of drug-likeness (QED) is 0.0211. The second-order valence-electron chi connectivity index (χ2n) is 28.7. The van der Waals surface area contributed by atoms with E-state index < -0.39 is 26.5 Å². The van der Waals surface area contributed by atoms with Crippen molar-refractivity contribution in [3.8, 4) is 0 Å². The Morgan fingerprint density at radius 3 is 0.816 bits per heavy atom. The zero-order valence-corrected chi connectivity index (χ0v) is 65.6. The molecule has 1 N–H and O–H groups in total. The van der Waals surface area contributed by atoms with Crippen molar-refractivity contribution in [1.29, 1.82) is 0 Å². The van der Waals surface area contributed by atoms with Crippen LogP contribution >= 0.6 is 7.82 Å². The van der Waals surface area contributed by atoms with Crippen molar-refractivity contribution >= 4 is 19.8 Å². The lowest BCUT2D eigenvalue weighted by atomic mass is 10.0. The molecule has 0 aliphatic carbocycles. The van der Waals surface area contributed by atoms with Crippen LogP contribution in [0.2, 0.25) is 0 Å². The van der Waals surface area contributed by atoms with Gasteiger partial charge in [-0.25, -0.2) is 4.57 Å². The average Bonchev–Trinajstić information content (AvgIpc) is 1.08. The second kappa shape index (κ2) is 77.6. The molecule has 9 nitrogen and oxygen atoms in total. The van der Waals surface area contributed by atoms with E-state index in [1.807, 2.05) is 21.1 Å². The van der Waals surface area contributed by atoms with E-state index in [0.717, 1.165) is 96.3 Å². The fourth-order valence-electron chi connectivity index (χ4n) is 11.8. The largest absolute Gasteiger partial charge is 0.472 e. The summed E-state index contributed by atoms with van der Waals surface area (Å²) in [5, 5.41) is 0. The van der Waals surface area contributed by atoms with Gasteiger partial charge in [0, 0.05) is 12.8 Å². The van der Waals surface area contributed by atoms with Crippen molar-refractivity contribution < 1.29 is 42.1 Å². The molecule has 10 heteroatoms. The molecule has 2 unspecified atom stereocenters. The molecule has 0 saturated heterocycles. The van der Waals surface area contributed by atoms with Gasteiger partial charge in [-0.15, -0.1) is 0 Å². The van der Waals surface area contributed by atoms with Gasteiger partial charge in [0.25, 0.3) is 0 Å². The molecular weight excluding hydrogens is 1230 g/mol. The Labute approximate surface area is 607 Å². The van der Waals surface area contributed by atoms with E-state index >= 15 is 0 Å². The van der Waals surface area contributed by atoms with E-state index in [9.17, 15) is 19.0 Å². The van der Waals surface area contributed by atoms with Gasteiger partial charge in [0.05, 0.1) is 27.7 Å². The molecule has 566 valence electrons. The van der Waals surface area contributed by atoms with Gasteiger partial charge in [-0.05, 0) is 103 Å². The minimum atomic E-state index is -4.40. The van der Waals surface area contributed by atoms with Crippen molar-refractivity contribution in [2.75, 3.05) is 47.5 Å². The summed E-state index contributed by atoms with van der Waals surface area (Å²) in [5.41, 5.74) is 0. The van der Waals surface area contributed by atoms with Gasteiger partial charge in [0.1, 0.15) is 19.8 Å². The minimum Gasteiger partial charge on any atom is -0.462 e. The maximum Gasteiger partial charge on any atom is 0.472 e. The summed E-state index contributed by atoms with van der Waals surface area (Å²) in [5.74, 6) is -0.781. The first-order valence-corrected chi connectivity index (χ1v) is 42.8. The number of carbonyl (C=O) groups excluding carboxylic acids is 2. The zero-order chi connectivity index (χ0) is 71.1. The number of hydrogen-bond donors (Lipinski definition) is 1. The predicted octanol–water partition coefficient (Wildman–Crippen LogP) is 27.7. The third-order valence-electron chi connectivity index (χ3n) is 18.0. The molecule has 0 heterocycles. The second-order valence-corrected chi connectivity index (χ2v) is 30.2. The van der Waals surface area contributed by atoms with E-state index in [0.29, 0.717) is 17.4 Å². The molecule has 0 aliphatic rings. The molecule has 0 rings (SSSR count). The van der Waals surface area contributed by atoms with E-state index in [2.05, 4.69) is 135 Å². The van der Waals surface area contributed by atoms with Crippen LogP contribution in [-0.4, -0.2) is 74.9 Å². The predicted molar refractivity (Wildman–Crippen MR) is 427 cm³/mol. The number of carbonyl (C=O) groups is 2. The number of allylic oxidation sites excluding steroid dienone is 20. The standard InChI is InChI=1S/C88H156NO8P/c1-6-8-10-12-14-16-18-20-22-24-26-28-30-32-34-36-38-40-41-42-43-44-45-46-47-49-51-53-55-57-59-61-63-65-67-69-71-73-75-77-79-81-88(91)97-86(85-96-98(92,93)95-83-82-89(3,4)5)84-94-87(90)80-78-76-74-72-70-68-66-64-62-60-58-56-54-52-50-48-39-37-35-33-31-29-27-25-23-21-19-17-15-13-11-9-7-2/h8-11,14-17,20-23,26-29,32-35,86H,6-7,12-13,18-19,24-25,30-31,36-85H2,1-5H3/p+1/b10-8-,11-9-,16-14-,17-15-,22-20-,23-21-,28-26-,29-27-,34-32-,35-33-. The number of hydrogen-bond acceptors (Lipinski definition) is 7. The number of esters is 2. The van der Waals surface area contributed by atoms with Crippen LogP contribution in [-0.2, 0) is 32.7 Å². The van der Waals surface area contributed by atoms with Crippen LogP contribution in [0.5, 0.6) is 0 Å². The summed E-state index contributed by atoms with van der Waals surface area (Å²) in [6.07, 6.45) is 112. The molecular formula is C88H157NO8P+. The number of ether oxygens (including phenoxy) is 2. The SMILES string of the molecule is CC/C=C\C/C=C\C/C=C\C/C=C\C/C=C\CCCCCCCCCCCCCCCCCCCCCCCCCCCC(=O)OC(COC(=O)CCCCCCCCCCCCCCCCCCC/C=C\C/C=C\C/C=C\C/C=C\C/C=C\CC)COP(=O)(O)OCC[N+](C)(C)C. The highest BCUT2D eigenvalue weighted by Gasteiger charge is 2.27. The van der Waals surface area contributed by atoms with Crippen LogP contribution in [0.25, 0.3) is 0 Å². The van der Waals surface area contributed by atoms with Crippen LogP contribution in [0, 0.1) is 0 Å². The van der Waals surface area contributed by atoms with Crippen LogP contribution in [0.1, 0.15) is 373 Å². The Bertz CT molecular complexity index is 2070. The molecule has 2 atom stereocenters. The van der Waals surface area contributed by atoms with Crippen LogP contribution in [0.4, 0.5) is 0 Å². The van der Waals surface area contributed by atoms with Gasteiger partial charge in [0.2, 0.25) is 0 Å². The van der Waals surface area contributed by atoms with Gasteiger partial charge >= 0.3 is 19.8 Å². The Balaban J connectivity index is 3.91. The highest BCUT2D eigenvalue weighted by Crippen LogP contribution is 2.43. The highest BCUT2D eigenvalue weighted by molar-refractivity contribution is 7.47. The molecule has 0 radical (unpaired) electrons. The van der Waals surface area contributed by atoms with Crippen LogP contribution in [0.3, 0.4) is 0 Å². The number of phosphoric ester groups is 1. The molecule has 0 fully saturated rings. The maximum atomic E-state index is 12.9. The Kier molecular flexibility index (Phi) is 74.7. The monoisotopic (exact) mass is 1390 g/mol. The van der Waals surface area contributed by atoms with Gasteiger partial charge in [-0.3, -0.25) is 18.6 Å². The first-order chi connectivity index (χ1) is 48.0. The van der Waals surface area contributed by atoms with Gasteiger partial charge < -0.3 is 18.9 Å². The summed E-state index contributed by atoms with van der Waals surface area (Å²) in [7, 11) is 1.49. The summed E-state index contributed by atoms with van der Waals surface area (Å²) >= 11 is 0. The first kappa shape index (κ1) is 94.4. The van der Waals surface area contributed by atoms with Gasteiger partial charge in [-0.2, -0.15) is 0 Å². The van der Waals surface area contributed by atoms with Crippen molar-refractivity contribution in [2.45, 2.75) is 380 Å². The highest BCUT2D eigenvalue weighted by atomic mass is 31.2. The van der Waals surface area contributed by atoms with E-state index in [1.54, 1.807) is 0 Å². The molecule has 0 bridgehead atoms. The number of nitrogens with zero attached hydrogens (tertiary/aromatic N) is 1. The number of unbranched alkanes of at least 4 members (excludes halogenated alkanes) is 42. The van der Waals surface area contributed by atoms with Crippen molar-refractivity contribution in [3.05, 3.63) is 122 Å². The molecule has 0 aromatic heterocycles.